The van der Waals surface area contributed by atoms with Gasteiger partial charge in [-0.25, -0.2) is 4.39 Å². The number of anilines is 1. The summed E-state index contributed by atoms with van der Waals surface area (Å²) in [4.78, 5) is 0. The van der Waals surface area contributed by atoms with Gasteiger partial charge in [-0.3, -0.25) is 0 Å². The van der Waals surface area contributed by atoms with Crippen LogP contribution in [0.25, 0.3) is 0 Å². The van der Waals surface area contributed by atoms with E-state index in [1.54, 1.807) is 18.2 Å². The molecule has 19 heavy (non-hydrogen) atoms. The highest BCUT2D eigenvalue weighted by Crippen LogP contribution is 2.27. The molecule has 0 fully saturated rings. The Labute approximate surface area is 116 Å². The van der Waals surface area contributed by atoms with Gasteiger partial charge < -0.3 is 5.32 Å². The van der Waals surface area contributed by atoms with Crippen LogP contribution >= 0.6 is 11.6 Å². The number of aryl methyl sites for hydroxylation is 1. The monoisotopic (exact) mass is 274 g/mol. The van der Waals surface area contributed by atoms with Crippen LogP contribution in [0.4, 0.5) is 10.1 Å². The van der Waals surface area contributed by atoms with Crippen LogP contribution in [-0.2, 0) is 0 Å². The first-order valence-corrected chi connectivity index (χ1v) is 6.16. The van der Waals surface area contributed by atoms with Crippen molar-refractivity contribution in [3.05, 3.63) is 64.4 Å². The SMILES string of the molecule is Cc1ccc(F)cc1C(C#N)Nc1ccccc1Cl. The fourth-order valence-corrected chi connectivity index (χ4v) is 2.03. The summed E-state index contributed by atoms with van der Waals surface area (Å²) in [5, 5.41) is 12.8. The lowest BCUT2D eigenvalue weighted by atomic mass is 10.0. The summed E-state index contributed by atoms with van der Waals surface area (Å²) in [5.41, 5.74) is 2.12. The molecule has 0 saturated heterocycles. The summed E-state index contributed by atoms with van der Waals surface area (Å²) in [7, 11) is 0. The molecule has 1 unspecified atom stereocenters. The van der Waals surface area contributed by atoms with Crippen molar-refractivity contribution < 1.29 is 4.39 Å². The Kier molecular flexibility index (Phi) is 4.03. The molecule has 0 aliphatic carbocycles. The summed E-state index contributed by atoms with van der Waals surface area (Å²) in [6, 6.07) is 13.0. The average molecular weight is 275 g/mol. The first kappa shape index (κ1) is 13.4. The second-order valence-corrected chi connectivity index (χ2v) is 4.59. The van der Waals surface area contributed by atoms with E-state index >= 15 is 0 Å². The molecule has 1 N–H and O–H groups in total. The predicted octanol–water partition coefficient (Wildman–Crippen LogP) is 4.46. The van der Waals surface area contributed by atoms with Crippen LogP contribution in [0.2, 0.25) is 5.02 Å². The molecule has 0 radical (unpaired) electrons. The van der Waals surface area contributed by atoms with Gasteiger partial charge in [-0.2, -0.15) is 5.26 Å². The third kappa shape index (κ3) is 3.04. The summed E-state index contributed by atoms with van der Waals surface area (Å²) >= 11 is 6.04. The number of nitrogens with one attached hydrogen (secondary N) is 1. The van der Waals surface area contributed by atoms with E-state index in [0.29, 0.717) is 16.3 Å². The van der Waals surface area contributed by atoms with Crippen molar-refractivity contribution >= 4 is 17.3 Å². The van der Waals surface area contributed by atoms with Crippen LogP contribution in [0.5, 0.6) is 0 Å². The van der Waals surface area contributed by atoms with Crippen molar-refractivity contribution in [2.24, 2.45) is 0 Å². The fourth-order valence-electron chi connectivity index (χ4n) is 1.84. The van der Waals surface area contributed by atoms with E-state index in [4.69, 9.17) is 11.6 Å². The summed E-state index contributed by atoms with van der Waals surface area (Å²) in [6.07, 6.45) is 0. The van der Waals surface area contributed by atoms with Crippen molar-refractivity contribution in [2.45, 2.75) is 13.0 Å². The van der Waals surface area contributed by atoms with E-state index < -0.39 is 6.04 Å². The second-order valence-electron chi connectivity index (χ2n) is 4.19. The molecule has 0 bridgehead atoms. The number of benzene rings is 2. The molecule has 2 rings (SSSR count). The van der Waals surface area contributed by atoms with Crippen LogP contribution < -0.4 is 5.32 Å². The van der Waals surface area contributed by atoms with Gasteiger partial charge in [-0.1, -0.05) is 29.8 Å². The van der Waals surface area contributed by atoms with Gasteiger partial charge in [0.2, 0.25) is 0 Å². The number of para-hydroxylation sites is 1. The van der Waals surface area contributed by atoms with Crippen LogP contribution in [-0.4, -0.2) is 0 Å². The molecule has 0 spiro atoms. The van der Waals surface area contributed by atoms with Gasteiger partial charge in [-0.15, -0.1) is 0 Å². The van der Waals surface area contributed by atoms with Crippen molar-refractivity contribution in [1.29, 1.82) is 5.26 Å². The first-order valence-electron chi connectivity index (χ1n) is 5.78. The van der Waals surface area contributed by atoms with E-state index in [1.165, 1.54) is 12.1 Å². The first-order chi connectivity index (χ1) is 9.11. The van der Waals surface area contributed by atoms with Crippen LogP contribution in [0.15, 0.2) is 42.5 Å². The standard InChI is InChI=1S/C15H12ClFN2/c1-10-6-7-11(17)8-12(10)15(9-18)19-14-5-3-2-4-13(14)16/h2-8,15,19H,1H3. The van der Waals surface area contributed by atoms with Crippen molar-refractivity contribution in [1.82, 2.24) is 0 Å². The van der Waals surface area contributed by atoms with Gasteiger partial charge in [0, 0.05) is 0 Å². The molecule has 1 atom stereocenters. The van der Waals surface area contributed by atoms with Gasteiger partial charge >= 0.3 is 0 Å². The molecule has 2 aromatic carbocycles. The van der Waals surface area contributed by atoms with Gasteiger partial charge in [0.15, 0.2) is 0 Å². The predicted molar refractivity (Wildman–Crippen MR) is 74.6 cm³/mol. The lowest BCUT2D eigenvalue weighted by Crippen LogP contribution is -2.10. The molecule has 2 aromatic rings. The second kappa shape index (κ2) is 5.73. The third-order valence-electron chi connectivity index (χ3n) is 2.86. The quantitative estimate of drug-likeness (QED) is 0.897. The zero-order valence-corrected chi connectivity index (χ0v) is 11.1. The molecule has 0 amide bonds. The zero-order valence-electron chi connectivity index (χ0n) is 10.3. The number of halogens is 2. The minimum Gasteiger partial charge on any atom is -0.365 e. The summed E-state index contributed by atoms with van der Waals surface area (Å²) in [6.45, 7) is 1.84. The average Bonchev–Trinajstić information content (AvgIpc) is 2.41. The topological polar surface area (TPSA) is 35.8 Å². The van der Waals surface area contributed by atoms with Crippen molar-refractivity contribution in [3.8, 4) is 6.07 Å². The number of hydrogen-bond acceptors (Lipinski definition) is 2. The molecule has 96 valence electrons. The van der Waals surface area contributed by atoms with Crippen LogP contribution in [0.1, 0.15) is 17.2 Å². The Morgan fingerprint density at radius 3 is 2.68 bits per heavy atom. The molecular weight excluding hydrogens is 263 g/mol. The molecule has 0 saturated carbocycles. The highest BCUT2D eigenvalue weighted by atomic mass is 35.5. The van der Waals surface area contributed by atoms with E-state index in [0.717, 1.165) is 5.56 Å². The Morgan fingerprint density at radius 1 is 1.26 bits per heavy atom. The van der Waals surface area contributed by atoms with E-state index in [-0.39, 0.29) is 5.82 Å². The summed E-state index contributed by atoms with van der Waals surface area (Å²) in [5.74, 6) is -0.359. The Bertz CT molecular complexity index is 634. The lowest BCUT2D eigenvalue weighted by molar-refractivity contribution is 0.624. The Balaban J connectivity index is 2.34. The maximum atomic E-state index is 13.3. The maximum Gasteiger partial charge on any atom is 0.140 e. The normalized spacial score (nSPS) is 11.7. The minimum atomic E-state index is -0.643. The van der Waals surface area contributed by atoms with Gasteiger partial charge in [-0.05, 0) is 42.3 Å². The van der Waals surface area contributed by atoms with Crippen molar-refractivity contribution in [2.75, 3.05) is 5.32 Å². The molecule has 4 heteroatoms. The molecule has 0 aliphatic rings. The Morgan fingerprint density at radius 2 is 2.00 bits per heavy atom. The van der Waals surface area contributed by atoms with Crippen LogP contribution in [0.3, 0.4) is 0 Å². The van der Waals surface area contributed by atoms with Gasteiger partial charge in [0.1, 0.15) is 11.9 Å². The van der Waals surface area contributed by atoms with Crippen molar-refractivity contribution in [3.63, 3.8) is 0 Å². The third-order valence-corrected chi connectivity index (χ3v) is 3.18. The highest BCUT2D eigenvalue weighted by Gasteiger charge is 2.14. The molecule has 0 aromatic heterocycles. The minimum absolute atomic E-state index is 0.359. The summed E-state index contributed by atoms with van der Waals surface area (Å²) < 4.78 is 13.3. The fraction of sp³-hybridized carbons (Fsp3) is 0.133. The number of nitrogens with zero attached hydrogens (tertiary/aromatic N) is 1. The van der Waals surface area contributed by atoms with E-state index in [2.05, 4.69) is 11.4 Å². The van der Waals surface area contributed by atoms with E-state index in [1.807, 2.05) is 19.1 Å². The number of rotatable bonds is 3. The smallest absolute Gasteiger partial charge is 0.140 e. The van der Waals surface area contributed by atoms with E-state index in [9.17, 15) is 9.65 Å². The molecule has 0 heterocycles. The molecule has 2 nitrogen and oxygen atoms in total. The van der Waals surface area contributed by atoms with Crippen LogP contribution in [0, 0.1) is 24.1 Å². The van der Waals surface area contributed by atoms with Gasteiger partial charge in [0.25, 0.3) is 0 Å². The molecular formula is C15H12ClFN2. The maximum absolute atomic E-state index is 13.3. The largest absolute Gasteiger partial charge is 0.365 e. The lowest BCUT2D eigenvalue weighted by Gasteiger charge is -2.16. The number of nitriles is 1. The highest BCUT2D eigenvalue weighted by molar-refractivity contribution is 6.33. The Hall–Kier alpha value is -2.05. The zero-order chi connectivity index (χ0) is 13.8. The number of hydrogen-bond donors (Lipinski definition) is 1. The van der Waals surface area contributed by atoms with Gasteiger partial charge in [0.05, 0.1) is 16.8 Å². The molecule has 0 aliphatic heterocycles.